The van der Waals surface area contributed by atoms with Crippen molar-refractivity contribution in [2.75, 3.05) is 13.1 Å². The summed E-state index contributed by atoms with van der Waals surface area (Å²) in [4.78, 5) is 13.3. The molecule has 0 fully saturated rings. The Balaban J connectivity index is 3.87. The normalized spacial score (nSPS) is 12.6. The molecule has 0 saturated heterocycles. The monoisotopic (exact) mass is 240 g/mol. The summed E-state index contributed by atoms with van der Waals surface area (Å²) < 4.78 is 0. The van der Waals surface area contributed by atoms with Gasteiger partial charge in [-0.1, -0.05) is 0 Å². The van der Waals surface area contributed by atoms with Crippen LogP contribution in [-0.2, 0) is 4.79 Å². The molecular formula is C14H28N2O. The van der Waals surface area contributed by atoms with Gasteiger partial charge in [-0.2, -0.15) is 0 Å². The molecule has 0 aliphatic rings. The van der Waals surface area contributed by atoms with Crippen molar-refractivity contribution in [3.63, 3.8) is 0 Å². The highest BCUT2D eigenvalue weighted by Crippen LogP contribution is 2.05. The third-order valence-electron chi connectivity index (χ3n) is 2.74. The lowest BCUT2D eigenvalue weighted by Crippen LogP contribution is -2.38. The number of hydrogen-bond acceptors (Lipinski definition) is 3. The number of hydrogen-bond donors (Lipinski definition) is 1. The van der Waals surface area contributed by atoms with Gasteiger partial charge in [0.2, 0.25) is 0 Å². The van der Waals surface area contributed by atoms with Crippen LogP contribution in [0.25, 0.3) is 0 Å². The van der Waals surface area contributed by atoms with E-state index in [1.54, 1.807) is 13.0 Å². The van der Waals surface area contributed by atoms with Gasteiger partial charge in [0.25, 0.3) is 0 Å². The number of carbonyl (C=O) groups excluding carboxylic acids is 1. The molecule has 0 aromatic rings. The second-order valence-electron chi connectivity index (χ2n) is 5.14. The standard InChI is InChI=1S/C14H28N2O/c1-11(2)16(12(3)4)9-7-8-15-13(5)10-14(6)17/h10-12,15H,7-9H2,1-6H3/b13-10-. The van der Waals surface area contributed by atoms with E-state index in [0.29, 0.717) is 12.1 Å². The molecule has 0 radical (unpaired) electrons. The largest absolute Gasteiger partial charge is 0.388 e. The Labute approximate surface area is 106 Å². The Kier molecular flexibility index (Phi) is 7.88. The Morgan fingerprint density at radius 1 is 1.18 bits per heavy atom. The van der Waals surface area contributed by atoms with Gasteiger partial charge in [0.05, 0.1) is 0 Å². The second-order valence-corrected chi connectivity index (χ2v) is 5.14. The van der Waals surface area contributed by atoms with E-state index < -0.39 is 0 Å². The molecule has 0 aliphatic carbocycles. The van der Waals surface area contributed by atoms with Crippen LogP contribution in [0.5, 0.6) is 0 Å². The van der Waals surface area contributed by atoms with Crippen molar-refractivity contribution >= 4 is 5.78 Å². The zero-order valence-corrected chi connectivity index (χ0v) is 12.2. The second kappa shape index (κ2) is 8.29. The van der Waals surface area contributed by atoms with E-state index in [1.807, 2.05) is 6.92 Å². The van der Waals surface area contributed by atoms with Gasteiger partial charge in [0, 0.05) is 30.9 Å². The smallest absolute Gasteiger partial charge is 0.154 e. The summed E-state index contributed by atoms with van der Waals surface area (Å²) in [5, 5.41) is 3.26. The molecular weight excluding hydrogens is 212 g/mol. The number of ketones is 1. The zero-order chi connectivity index (χ0) is 13.4. The van der Waals surface area contributed by atoms with Crippen molar-refractivity contribution < 1.29 is 4.79 Å². The van der Waals surface area contributed by atoms with Gasteiger partial charge in [-0.05, 0) is 54.0 Å². The summed E-state index contributed by atoms with van der Waals surface area (Å²) >= 11 is 0. The van der Waals surface area contributed by atoms with Crippen molar-refractivity contribution in [2.45, 2.75) is 60.0 Å². The molecule has 0 spiro atoms. The Morgan fingerprint density at radius 2 is 1.71 bits per heavy atom. The topological polar surface area (TPSA) is 32.3 Å². The molecule has 17 heavy (non-hydrogen) atoms. The molecule has 1 N–H and O–H groups in total. The summed E-state index contributed by atoms with van der Waals surface area (Å²) in [7, 11) is 0. The molecule has 100 valence electrons. The Hall–Kier alpha value is -0.830. The number of nitrogens with one attached hydrogen (secondary N) is 1. The third kappa shape index (κ3) is 7.97. The van der Waals surface area contributed by atoms with Crippen LogP contribution in [0, 0.1) is 0 Å². The van der Waals surface area contributed by atoms with Crippen molar-refractivity contribution in [1.82, 2.24) is 10.2 Å². The lowest BCUT2D eigenvalue weighted by atomic mass is 10.2. The minimum Gasteiger partial charge on any atom is -0.388 e. The third-order valence-corrected chi connectivity index (χ3v) is 2.74. The lowest BCUT2D eigenvalue weighted by molar-refractivity contribution is -0.112. The molecule has 3 heteroatoms. The average molecular weight is 240 g/mol. The molecule has 0 heterocycles. The van der Waals surface area contributed by atoms with Gasteiger partial charge in [-0.15, -0.1) is 0 Å². The predicted molar refractivity (Wildman–Crippen MR) is 74.0 cm³/mol. The van der Waals surface area contributed by atoms with Crippen molar-refractivity contribution in [3.8, 4) is 0 Å². The number of allylic oxidation sites excluding steroid dienone is 2. The Morgan fingerprint density at radius 3 is 2.12 bits per heavy atom. The highest BCUT2D eigenvalue weighted by molar-refractivity contribution is 5.87. The molecule has 0 rings (SSSR count). The lowest BCUT2D eigenvalue weighted by Gasteiger charge is -2.30. The summed E-state index contributed by atoms with van der Waals surface area (Å²) in [6.45, 7) is 14.4. The average Bonchev–Trinajstić information content (AvgIpc) is 2.14. The van der Waals surface area contributed by atoms with Crippen LogP contribution in [0.15, 0.2) is 11.8 Å². The maximum Gasteiger partial charge on any atom is 0.154 e. The van der Waals surface area contributed by atoms with Gasteiger partial charge in [0.1, 0.15) is 0 Å². The van der Waals surface area contributed by atoms with E-state index in [0.717, 1.165) is 25.2 Å². The van der Waals surface area contributed by atoms with Crippen LogP contribution in [-0.4, -0.2) is 35.9 Å². The molecule has 3 nitrogen and oxygen atoms in total. The highest BCUT2D eigenvalue weighted by Gasteiger charge is 2.11. The first-order chi connectivity index (χ1) is 7.84. The first-order valence-corrected chi connectivity index (χ1v) is 6.53. The molecule has 0 aliphatic heterocycles. The number of carbonyl (C=O) groups is 1. The highest BCUT2D eigenvalue weighted by atomic mass is 16.1. The SMILES string of the molecule is CC(=O)/C=C(/C)NCCCN(C(C)C)C(C)C. The molecule has 0 saturated carbocycles. The molecule has 0 bridgehead atoms. The van der Waals surface area contributed by atoms with E-state index in [4.69, 9.17) is 0 Å². The fourth-order valence-electron chi connectivity index (χ4n) is 2.02. The van der Waals surface area contributed by atoms with Gasteiger partial charge >= 0.3 is 0 Å². The minimum absolute atomic E-state index is 0.0981. The van der Waals surface area contributed by atoms with Crippen molar-refractivity contribution in [3.05, 3.63) is 11.8 Å². The fourth-order valence-corrected chi connectivity index (χ4v) is 2.02. The van der Waals surface area contributed by atoms with Crippen LogP contribution in [0.2, 0.25) is 0 Å². The maximum atomic E-state index is 10.8. The molecule has 0 aromatic heterocycles. The summed E-state index contributed by atoms with van der Waals surface area (Å²) in [6.07, 6.45) is 2.74. The first-order valence-electron chi connectivity index (χ1n) is 6.53. The van der Waals surface area contributed by atoms with E-state index in [9.17, 15) is 4.79 Å². The predicted octanol–water partition coefficient (Wildman–Crippen LogP) is 2.58. The molecule has 0 unspecified atom stereocenters. The summed E-state index contributed by atoms with van der Waals surface area (Å²) in [5.74, 6) is 0.0981. The summed E-state index contributed by atoms with van der Waals surface area (Å²) in [6, 6.07) is 1.17. The minimum atomic E-state index is 0.0981. The van der Waals surface area contributed by atoms with Gasteiger partial charge in [-0.3, -0.25) is 9.69 Å². The number of rotatable bonds is 8. The van der Waals surface area contributed by atoms with E-state index in [-0.39, 0.29) is 5.78 Å². The molecule has 0 amide bonds. The van der Waals surface area contributed by atoms with Gasteiger partial charge in [-0.25, -0.2) is 0 Å². The quantitative estimate of drug-likeness (QED) is 0.523. The van der Waals surface area contributed by atoms with Crippen LogP contribution < -0.4 is 5.32 Å². The summed E-state index contributed by atoms with van der Waals surface area (Å²) in [5.41, 5.74) is 0.957. The van der Waals surface area contributed by atoms with Crippen LogP contribution in [0.3, 0.4) is 0 Å². The molecule has 0 aromatic carbocycles. The zero-order valence-electron chi connectivity index (χ0n) is 12.2. The van der Waals surface area contributed by atoms with Crippen LogP contribution >= 0.6 is 0 Å². The van der Waals surface area contributed by atoms with Crippen LogP contribution in [0.4, 0.5) is 0 Å². The molecule has 0 atom stereocenters. The van der Waals surface area contributed by atoms with Gasteiger partial charge < -0.3 is 5.32 Å². The Bertz CT molecular complexity index is 249. The van der Waals surface area contributed by atoms with E-state index in [2.05, 4.69) is 37.9 Å². The van der Waals surface area contributed by atoms with E-state index >= 15 is 0 Å². The van der Waals surface area contributed by atoms with E-state index in [1.165, 1.54) is 0 Å². The van der Waals surface area contributed by atoms with Gasteiger partial charge in [0.15, 0.2) is 5.78 Å². The van der Waals surface area contributed by atoms with Crippen molar-refractivity contribution in [2.24, 2.45) is 0 Å². The fraction of sp³-hybridized carbons (Fsp3) is 0.786. The van der Waals surface area contributed by atoms with Crippen LogP contribution in [0.1, 0.15) is 48.0 Å². The number of nitrogens with zero attached hydrogens (tertiary/aromatic N) is 1. The first kappa shape index (κ1) is 16.2. The maximum absolute atomic E-state index is 10.8. The van der Waals surface area contributed by atoms with Crippen molar-refractivity contribution in [1.29, 1.82) is 0 Å².